The maximum atomic E-state index is 10.8. The zero-order valence-electron chi connectivity index (χ0n) is 8.58. The maximum absolute atomic E-state index is 10.8. The van der Waals surface area contributed by atoms with Crippen LogP contribution >= 0.6 is 0 Å². The molecule has 1 N–H and O–H groups in total. The van der Waals surface area contributed by atoms with E-state index in [1.165, 1.54) is 0 Å². The van der Waals surface area contributed by atoms with Crippen molar-refractivity contribution in [3.63, 3.8) is 0 Å². The predicted octanol–water partition coefficient (Wildman–Crippen LogP) is 1.63. The molecule has 4 heteroatoms. The van der Waals surface area contributed by atoms with Gasteiger partial charge >= 0.3 is 0 Å². The summed E-state index contributed by atoms with van der Waals surface area (Å²) in [4.78, 5) is 15.1. The van der Waals surface area contributed by atoms with Gasteiger partial charge in [0.25, 0.3) is 0 Å². The predicted molar refractivity (Wildman–Crippen MR) is 54.8 cm³/mol. The number of imidazole rings is 1. The molecular weight excluding hydrogens is 178 g/mol. The lowest BCUT2D eigenvalue weighted by Crippen LogP contribution is -2.19. The summed E-state index contributed by atoms with van der Waals surface area (Å²) in [6, 6.07) is 0. The van der Waals surface area contributed by atoms with Crippen LogP contribution in [0.25, 0.3) is 0 Å². The topological polar surface area (TPSA) is 46.9 Å². The number of rotatable bonds is 2. The molecule has 0 aliphatic carbocycles. The smallest absolute Gasteiger partial charge is 0.172 e. The third kappa shape index (κ3) is 1.31. The number of hydrogen-bond acceptors (Lipinski definition) is 3. The van der Waals surface area contributed by atoms with Gasteiger partial charge in [0.2, 0.25) is 0 Å². The molecule has 0 aromatic carbocycles. The standard InChI is InChI=1S/C10H15N3O/c1-7(2)9-12-8(6-14)10-11-4-3-5-13(9)10/h6-7,11H,3-5H2,1-2H3. The fraction of sp³-hybridized carbons (Fsp3) is 0.600. The number of nitrogens with one attached hydrogen (secondary N) is 1. The Morgan fingerprint density at radius 3 is 3.00 bits per heavy atom. The first kappa shape index (κ1) is 9.24. The molecule has 0 unspecified atom stereocenters. The Bertz CT molecular complexity index is 354. The second-order valence-electron chi connectivity index (χ2n) is 3.91. The molecule has 1 aromatic rings. The van der Waals surface area contributed by atoms with Crippen LogP contribution in [0.4, 0.5) is 5.82 Å². The molecule has 4 nitrogen and oxygen atoms in total. The van der Waals surface area contributed by atoms with Gasteiger partial charge in [-0.3, -0.25) is 4.79 Å². The minimum absolute atomic E-state index is 0.363. The molecule has 1 aliphatic heterocycles. The Morgan fingerprint density at radius 1 is 1.57 bits per heavy atom. The summed E-state index contributed by atoms with van der Waals surface area (Å²) in [6.07, 6.45) is 1.93. The van der Waals surface area contributed by atoms with E-state index in [0.29, 0.717) is 11.6 Å². The highest BCUT2D eigenvalue weighted by molar-refractivity contribution is 5.80. The maximum Gasteiger partial charge on any atom is 0.172 e. The fourth-order valence-electron chi connectivity index (χ4n) is 1.87. The van der Waals surface area contributed by atoms with Crippen molar-refractivity contribution in [2.24, 2.45) is 0 Å². The van der Waals surface area contributed by atoms with E-state index >= 15 is 0 Å². The second kappa shape index (κ2) is 3.44. The highest BCUT2D eigenvalue weighted by Crippen LogP contribution is 2.25. The number of anilines is 1. The average molecular weight is 193 g/mol. The van der Waals surface area contributed by atoms with E-state index in [0.717, 1.165) is 37.4 Å². The summed E-state index contributed by atoms with van der Waals surface area (Å²) in [7, 11) is 0. The largest absolute Gasteiger partial charge is 0.369 e. The number of aldehydes is 1. The van der Waals surface area contributed by atoms with E-state index in [2.05, 4.69) is 28.7 Å². The molecule has 0 spiro atoms. The summed E-state index contributed by atoms with van der Waals surface area (Å²) in [6.45, 7) is 6.10. The quantitative estimate of drug-likeness (QED) is 0.726. The summed E-state index contributed by atoms with van der Waals surface area (Å²) in [5, 5.41) is 3.23. The second-order valence-corrected chi connectivity index (χ2v) is 3.91. The zero-order chi connectivity index (χ0) is 10.1. The SMILES string of the molecule is CC(C)c1nc(C=O)c2n1CCCN2. The van der Waals surface area contributed by atoms with E-state index in [9.17, 15) is 4.79 Å². The number of aromatic nitrogens is 2. The Hall–Kier alpha value is -1.32. The number of carbonyl (C=O) groups is 1. The van der Waals surface area contributed by atoms with Crippen molar-refractivity contribution in [2.75, 3.05) is 11.9 Å². The molecule has 2 rings (SSSR count). The Labute approximate surface area is 83.3 Å². The monoisotopic (exact) mass is 193 g/mol. The Morgan fingerprint density at radius 2 is 2.36 bits per heavy atom. The molecule has 1 aromatic heterocycles. The molecule has 14 heavy (non-hydrogen) atoms. The minimum Gasteiger partial charge on any atom is -0.369 e. The van der Waals surface area contributed by atoms with Gasteiger partial charge < -0.3 is 9.88 Å². The number of nitrogens with zero attached hydrogens (tertiary/aromatic N) is 2. The van der Waals surface area contributed by atoms with Gasteiger partial charge in [0.1, 0.15) is 17.3 Å². The molecule has 1 aliphatic rings. The first-order valence-electron chi connectivity index (χ1n) is 5.03. The van der Waals surface area contributed by atoms with Gasteiger partial charge in [-0.1, -0.05) is 13.8 Å². The fourth-order valence-corrected chi connectivity index (χ4v) is 1.87. The molecule has 76 valence electrons. The molecular formula is C10H15N3O. The third-order valence-electron chi connectivity index (χ3n) is 2.50. The van der Waals surface area contributed by atoms with Gasteiger partial charge in [-0.05, 0) is 6.42 Å². The molecule has 0 saturated carbocycles. The summed E-state index contributed by atoms with van der Waals surface area (Å²) < 4.78 is 2.12. The molecule has 2 heterocycles. The molecule has 0 amide bonds. The van der Waals surface area contributed by atoms with Crippen LogP contribution < -0.4 is 5.32 Å². The van der Waals surface area contributed by atoms with Crippen LogP contribution in [-0.2, 0) is 6.54 Å². The van der Waals surface area contributed by atoms with Crippen LogP contribution in [-0.4, -0.2) is 22.4 Å². The Balaban J connectivity index is 2.52. The van der Waals surface area contributed by atoms with E-state index in [1.807, 2.05) is 0 Å². The van der Waals surface area contributed by atoms with Crippen molar-refractivity contribution >= 4 is 12.1 Å². The number of hydrogen-bond donors (Lipinski definition) is 1. The van der Waals surface area contributed by atoms with Gasteiger partial charge in [-0.25, -0.2) is 4.98 Å². The summed E-state index contributed by atoms with van der Waals surface area (Å²) >= 11 is 0. The highest BCUT2D eigenvalue weighted by Gasteiger charge is 2.20. The minimum atomic E-state index is 0.363. The van der Waals surface area contributed by atoms with Crippen molar-refractivity contribution in [3.8, 4) is 0 Å². The van der Waals surface area contributed by atoms with Crippen molar-refractivity contribution in [2.45, 2.75) is 32.7 Å². The van der Waals surface area contributed by atoms with Crippen LogP contribution in [0, 0.1) is 0 Å². The highest BCUT2D eigenvalue weighted by atomic mass is 16.1. The summed E-state index contributed by atoms with van der Waals surface area (Å²) in [5.41, 5.74) is 0.549. The first-order chi connectivity index (χ1) is 6.74. The molecule has 0 atom stereocenters. The van der Waals surface area contributed by atoms with Crippen LogP contribution in [0.1, 0.15) is 42.5 Å². The van der Waals surface area contributed by atoms with E-state index in [1.54, 1.807) is 0 Å². The van der Waals surface area contributed by atoms with Gasteiger partial charge in [-0.2, -0.15) is 0 Å². The van der Waals surface area contributed by atoms with Crippen molar-refractivity contribution in [1.82, 2.24) is 9.55 Å². The first-order valence-corrected chi connectivity index (χ1v) is 5.03. The normalized spacial score (nSPS) is 15.1. The number of fused-ring (bicyclic) bond motifs is 1. The molecule has 0 bridgehead atoms. The van der Waals surface area contributed by atoms with Gasteiger partial charge in [-0.15, -0.1) is 0 Å². The van der Waals surface area contributed by atoms with E-state index in [4.69, 9.17) is 0 Å². The van der Waals surface area contributed by atoms with Gasteiger partial charge in [0, 0.05) is 19.0 Å². The van der Waals surface area contributed by atoms with Crippen LogP contribution in [0.3, 0.4) is 0 Å². The summed E-state index contributed by atoms with van der Waals surface area (Å²) in [5.74, 6) is 2.27. The third-order valence-corrected chi connectivity index (χ3v) is 2.50. The van der Waals surface area contributed by atoms with Crippen molar-refractivity contribution in [3.05, 3.63) is 11.5 Å². The lowest BCUT2D eigenvalue weighted by molar-refractivity contribution is 0.112. The van der Waals surface area contributed by atoms with Crippen LogP contribution in [0.5, 0.6) is 0 Å². The average Bonchev–Trinajstić information content (AvgIpc) is 2.56. The van der Waals surface area contributed by atoms with E-state index < -0.39 is 0 Å². The van der Waals surface area contributed by atoms with Crippen LogP contribution in [0.15, 0.2) is 0 Å². The van der Waals surface area contributed by atoms with Gasteiger partial charge in [0.15, 0.2) is 6.29 Å². The van der Waals surface area contributed by atoms with E-state index in [-0.39, 0.29) is 0 Å². The Kier molecular flexibility index (Phi) is 2.27. The van der Waals surface area contributed by atoms with Crippen molar-refractivity contribution in [1.29, 1.82) is 0 Å². The molecule has 0 saturated heterocycles. The lowest BCUT2D eigenvalue weighted by Gasteiger charge is -2.19. The van der Waals surface area contributed by atoms with Gasteiger partial charge in [0.05, 0.1) is 0 Å². The van der Waals surface area contributed by atoms with Crippen LogP contribution in [0.2, 0.25) is 0 Å². The molecule has 0 radical (unpaired) electrons. The number of carbonyl (C=O) groups excluding carboxylic acids is 1. The molecule has 0 fully saturated rings. The zero-order valence-corrected chi connectivity index (χ0v) is 8.58. The lowest BCUT2D eigenvalue weighted by atomic mass is 10.2. The van der Waals surface area contributed by atoms with Crippen molar-refractivity contribution < 1.29 is 4.79 Å².